The molecule has 184 valence electrons. The predicted molar refractivity (Wildman–Crippen MR) is 145 cm³/mol. The number of ether oxygens (including phenoxy) is 3. The molecular weight excluding hydrogens is 444 g/mol. The van der Waals surface area contributed by atoms with Gasteiger partial charge in [0.25, 0.3) is 0 Å². The highest BCUT2D eigenvalue weighted by Gasteiger charge is 2.24. The number of benzene rings is 4. The van der Waals surface area contributed by atoms with Gasteiger partial charge in [0.1, 0.15) is 24.7 Å². The molecule has 1 unspecified atom stereocenters. The maximum atomic E-state index is 6.55. The van der Waals surface area contributed by atoms with Crippen molar-refractivity contribution in [2.45, 2.75) is 51.9 Å². The summed E-state index contributed by atoms with van der Waals surface area (Å²) in [7, 11) is 0. The Morgan fingerprint density at radius 3 is 1.83 bits per heavy atom. The molecule has 0 spiro atoms. The van der Waals surface area contributed by atoms with Crippen LogP contribution in [0, 0.1) is 0 Å². The van der Waals surface area contributed by atoms with Crippen LogP contribution in [-0.4, -0.2) is 12.7 Å². The smallest absolute Gasteiger partial charge is 0.131 e. The summed E-state index contributed by atoms with van der Waals surface area (Å²) in [4.78, 5) is 0. The third kappa shape index (κ3) is 6.16. The second-order valence-electron chi connectivity index (χ2n) is 9.32. The highest BCUT2D eigenvalue weighted by molar-refractivity contribution is 5.77. The van der Waals surface area contributed by atoms with E-state index >= 15 is 0 Å². The van der Waals surface area contributed by atoms with Crippen molar-refractivity contribution in [2.75, 3.05) is 6.61 Å². The number of hydrogen-bond acceptors (Lipinski definition) is 3. The quantitative estimate of drug-likeness (QED) is 0.195. The van der Waals surface area contributed by atoms with Gasteiger partial charge in [-0.25, -0.2) is 0 Å². The lowest BCUT2D eigenvalue weighted by molar-refractivity contribution is 0.288. The molecule has 0 amide bonds. The van der Waals surface area contributed by atoms with Crippen molar-refractivity contribution in [2.24, 2.45) is 0 Å². The summed E-state index contributed by atoms with van der Waals surface area (Å²) in [5.74, 6) is 1.80. The van der Waals surface area contributed by atoms with Gasteiger partial charge in [-0.05, 0) is 53.5 Å². The number of rotatable bonds is 12. The molecule has 36 heavy (non-hydrogen) atoms. The predicted octanol–water partition coefficient (Wildman–Crippen LogP) is 7.80. The van der Waals surface area contributed by atoms with E-state index in [1.54, 1.807) is 0 Å². The van der Waals surface area contributed by atoms with E-state index in [9.17, 15) is 0 Å². The SMILES string of the molecule is CCc1c(OCc2ccccc2)cc(OCc2ccccc2)c(-c2ccccc2)c1CCCC1CO1. The Labute approximate surface area is 214 Å². The summed E-state index contributed by atoms with van der Waals surface area (Å²) in [5, 5.41) is 0. The minimum absolute atomic E-state index is 0.432. The Morgan fingerprint density at radius 1 is 0.722 bits per heavy atom. The molecule has 1 saturated heterocycles. The molecular formula is C33H34O3. The summed E-state index contributed by atoms with van der Waals surface area (Å²) in [6.07, 6.45) is 4.47. The van der Waals surface area contributed by atoms with Gasteiger partial charge in [-0.3, -0.25) is 0 Å². The first-order chi connectivity index (χ1) is 17.8. The first-order valence-corrected chi connectivity index (χ1v) is 13.0. The molecule has 1 aliphatic rings. The largest absolute Gasteiger partial charge is 0.488 e. The van der Waals surface area contributed by atoms with Gasteiger partial charge in [0.2, 0.25) is 0 Å². The van der Waals surface area contributed by atoms with E-state index in [2.05, 4.69) is 91.9 Å². The lowest BCUT2D eigenvalue weighted by Crippen LogP contribution is -2.07. The van der Waals surface area contributed by atoms with Gasteiger partial charge >= 0.3 is 0 Å². The van der Waals surface area contributed by atoms with Gasteiger partial charge < -0.3 is 14.2 Å². The van der Waals surface area contributed by atoms with Crippen LogP contribution >= 0.6 is 0 Å². The van der Waals surface area contributed by atoms with Crippen LogP contribution in [0.5, 0.6) is 11.5 Å². The molecule has 1 atom stereocenters. The van der Waals surface area contributed by atoms with E-state index in [0.717, 1.165) is 54.9 Å². The Morgan fingerprint density at radius 2 is 1.28 bits per heavy atom. The Hall–Kier alpha value is -3.56. The molecule has 0 N–H and O–H groups in total. The van der Waals surface area contributed by atoms with Crippen LogP contribution in [0.25, 0.3) is 11.1 Å². The first-order valence-electron chi connectivity index (χ1n) is 13.0. The number of epoxide rings is 1. The van der Waals surface area contributed by atoms with Crippen molar-refractivity contribution in [1.82, 2.24) is 0 Å². The third-order valence-electron chi connectivity index (χ3n) is 6.72. The van der Waals surface area contributed by atoms with E-state index in [0.29, 0.717) is 19.3 Å². The molecule has 4 aromatic carbocycles. The molecule has 0 aliphatic carbocycles. The fraction of sp³-hybridized carbons (Fsp3) is 0.273. The van der Waals surface area contributed by atoms with Crippen LogP contribution in [0.4, 0.5) is 0 Å². The summed E-state index contributed by atoms with van der Waals surface area (Å²) in [6, 6.07) is 33.4. The molecule has 0 aromatic heterocycles. The molecule has 1 aliphatic heterocycles. The van der Waals surface area contributed by atoms with Gasteiger partial charge in [0.15, 0.2) is 0 Å². The summed E-state index contributed by atoms with van der Waals surface area (Å²) >= 11 is 0. The van der Waals surface area contributed by atoms with Gasteiger partial charge in [-0.1, -0.05) is 97.9 Å². The molecule has 1 fully saturated rings. The van der Waals surface area contributed by atoms with Crippen molar-refractivity contribution in [3.8, 4) is 22.6 Å². The topological polar surface area (TPSA) is 31.0 Å². The van der Waals surface area contributed by atoms with Gasteiger partial charge in [0, 0.05) is 11.6 Å². The van der Waals surface area contributed by atoms with E-state index < -0.39 is 0 Å². The molecule has 0 bridgehead atoms. The average molecular weight is 479 g/mol. The molecule has 0 radical (unpaired) electrons. The fourth-order valence-electron chi connectivity index (χ4n) is 4.77. The zero-order chi connectivity index (χ0) is 24.6. The summed E-state index contributed by atoms with van der Waals surface area (Å²) < 4.78 is 18.5. The first kappa shape index (κ1) is 24.1. The normalized spacial score (nSPS) is 14.4. The van der Waals surface area contributed by atoms with Crippen molar-refractivity contribution >= 4 is 0 Å². The number of hydrogen-bond donors (Lipinski definition) is 0. The minimum atomic E-state index is 0.432. The van der Waals surface area contributed by atoms with Crippen LogP contribution in [0.15, 0.2) is 97.1 Å². The summed E-state index contributed by atoms with van der Waals surface area (Å²) in [6.45, 7) is 4.17. The standard InChI is InChI=1S/C33H34O3/c1-2-29-30(20-12-19-28-24-34-28)33(27-17-10-5-11-18-27)32(36-23-26-15-8-4-9-16-26)21-31(29)35-22-25-13-6-3-7-14-25/h3-11,13-18,21,28H,2,12,19-20,22-24H2,1H3. The van der Waals surface area contributed by atoms with Crippen molar-refractivity contribution in [3.63, 3.8) is 0 Å². The van der Waals surface area contributed by atoms with E-state index in [1.165, 1.54) is 22.3 Å². The highest BCUT2D eigenvalue weighted by Crippen LogP contribution is 2.42. The molecule has 0 saturated carbocycles. The van der Waals surface area contributed by atoms with Gasteiger partial charge in [0.05, 0.1) is 12.7 Å². The van der Waals surface area contributed by atoms with Crippen LogP contribution in [0.3, 0.4) is 0 Å². The summed E-state index contributed by atoms with van der Waals surface area (Å²) in [5.41, 5.74) is 7.28. The third-order valence-corrected chi connectivity index (χ3v) is 6.72. The Balaban J connectivity index is 1.55. The van der Waals surface area contributed by atoms with Crippen molar-refractivity contribution < 1.29 is 14.2 Å². The lowest BCUT2D eigenvalue weighted by Gasteiger charge is -2.23. The lowest BCUT2D eigenvalue weighted by atomic mass is 9.89. The van der Waals surface area contributed by atoms with E-state index in [1.807, 2.05) is 12.1 Å². The molecule has 1 heterocycles. The maximum Gasteiger partial charge on any atom is 0.131 e. The average Bonchev–Trinajstić information content (AvgIpc) is 3.76. The monoisotopic (exact) mass is 478 g/mol. The molecule has 4 aromatic rings. The van der Waals surface area contributed by atoms with Gasteiger partial charge in [-0.15, -0.1) is 0 Å². The Bertz CT molecular complexity index is 1230. The molecule has 5 rings (SSSR count). The van der Waals surface area contributed by atoms with E-state index in [4.69, 9.17) is 14.2 Å². The van der Waals surface area contributed by atoms with E-state index in [-0.39, 0.29) is 0 Å². The second kappa shape index (κ2) is 11.9. The van der Waals surface area contributed by atoms with Crippen LogP contribution in [0.2, 0.25) is 0 Å². The fourth-order valence-corrected chi connectivity index (χ4v) is 4.77. The van der Waals surface area contributed by atoms with Crippen molar-refractivity contribution in [1.29, 1.82) is 0 Å². The minimum Gasteiger partial charge on any atom is -0.488 e. The van der Waals surface area contributed by atoms with Crippen LogP contribution < -0.4 is 9.47 Å². The van der Waals surface area contributed by atoms with Crippen LogP contribution in [0.1, 0.15) is 42.0 Å². The van der Waals surface area contributed by atoms with Gasteiger partial charge in [-0.2, -0.15) is 0 Å². The van der Waals surface area contributed by atoms with Crippen LogP contribution in [-0.2, 0) is 30.8 Å². The molecule has 3 heteroatoms. The molecule has 3 nitrogen and oxygen atoms in total. The Kier molecular flexibility index (Phi) is 7.99. The maximum absolute atomic E-state index is 6.55. The zero-order valence-electron chi connectivity index (χ0n) is 21.0. The van der Waals surface area contributed by atoms with Crippen molar-refractivity contribution in [3.05, 3.63) is 119 Å². The second-order valence-corrected chi connectivity index (χ2v) is 9.32. The highest BCUT2D eigenvalue weighted by atomic mass is 16.6. The zero-order valence-corrected chi connectivity index (χ0v) is 21.0.